The van der Waals surface area contributed by atoms with Crippen molar-refractivity contribution >= 4 is 11.8 Å². The van der Waals surface area contributed by atoms with Crippen LogP contribution in [0, 0.1) is 0 Å². The molecule has 1 aliphatic rings. The highest BCUT2D eigenvalue weighted by molar-refractivity contribution is 5.85. The van der Waals surface area contributed by atoms with Crippen molar-refractivity contribution in [3.63, 3.8) is 0 Å². The molecule has 0 aromatic rings. The van der Waals surface area contributed by atoms with Crippen LogP contribution in [0.2, 0.25) is 0 Å². The zero-order valence-electron chi connectivity index (χ0n) is 11.6. The maximum atomic E-state index is 12.0. The van der Waals surface area contributed by atoms with Gasteiger partial charge in [0.05, 0.1) is 6.04 Å². The SMILES string of the molecule is CNC(=O)C1CNCCN1C(C)C(=O)NC(C)C. The van der Waals surface area contributed by atoms with Crippen LogP contribution in [0.5, 0.6) is 0 Å². The highest BCUT2D eigenvalue weighted by Crippen LogP contribution is 2.09. The monoisotopic (exact) mass is 256 g/mol. The summed E-state index contributed by atoms with van der Waals surface area (Å²) in [6.07, 6.45) is 0. The van der Waals surface area contributed by atoms with Gasteiger partial charge in [-0.25, -0.2) is 0 Å². The van der Waals surface area contributed by atoms with Gasteiger partial charge in [0.25, 0.3) is 0 Å². The van der Waals surface area contributed by atoms with E-state index in [2.05, 4.69) is 16.0 Å². The van der Waals surface area contributed by atoms with Crippen LogP contribution < -0.4 is 16.0 Å². The molecule has 0 bridgehead atoms. The van der Waals surface area contributed by atoms with Crippen molar-refractivity contribution in [2.24, 2.45) is 0 Å². The van der Waals surface area contributed by atoms with Gasteiger partial charge in [-0.2, -0.15) is 0 Å². The number of hydrogen-bond acceptors (Lipinski definition) is 4. The first-order valence-corrected chi connectivity index (χ1v) is 6.45. The van der Waals surface area contributed by atoms with Crippen LogP contribution in [0.25, 0.3) is 0 Å². The zero-order valence-corrected chi connectivity index (χ0v) is 11.6. The van der Waals surface area contributed by atoms with Crippen molar-refractivity contribution in [3.8, 4) is 0 Å². The number of hydrogen-bond donors (Lipinski definition) is 3. The molecule has 2 atom stereocenters. The summed E-state index contributed by atoms with van der Waals surface area (Å²) in [4.78, 5) is 25.8. The lowest BCUT2D eigenvalue weighted by atomic mass is 10.1. The Hall–Kier alpha value is -1.14. The number of piperazine rings is 1. The Labute approximate surface area is 108 Å². The molecule has 0 aromatic heterocycles. The molecule has 0 aromatic carbocycles. The number of nitrogens with one attached hydrogen (secondary N) is 3. The van der Waals surface area contributed by atoms with Crippen molar-refractivity contribution in [2.75, 3.05) is 26.7 Å². The molecule has 2 unspecified atom stereocenters. The van der Waals surface area contributed by atoms with Gasteiger partial charge in [-0.3, -0.25) is 14.5 Å². The minimum atomic E-state index is -0.295. The second-order valence-corrected chi connectivity index (χ2v) is 4.91. The maximum Gasteiger partial charge on any atom is 0.238 e. The predicted molar refractivity (Wildman–Crippen MR) is 70.2 cm³/mol. The fourth-order valence-electron chi connectivity index (χ4n) is 2.15. The average molecular weight is 256 g/mol. The number of amides is 2. The van der Waals surface area contributed by atoms with E-state index in [1.807, 2.05) is 25.7 Å². The van der Waals surface area contributed by atoms with Crippen LogP contribution in [-0.2, 0) is 9.59 Å². The second-order valence-electron chi connectivity index (χ2n) is 4.91. The molecule has 0 radical (unpaired) electrons. The molecule has 3 N–H and O–H groups in total. The van der Waals surface area contributed by atoms with E-state index in [4.69, 9.17) is 0 Å². The quantitative estimate of drug-likeness (QED) is 0.598. The summed E-state index contributed by atoms with van der Waals surface area (Å²) in [5, 5.41) is 8.71. The zero-order chi connectivity index (χ0) is 13.7. The summed E-state index contributed by atoms with van der Waals surface area (Å²) in [7, 11) is 1.62. The number of carbonyl (C=O) groups excluding carboxylic acids is 2. The third-order valence-electron chi connectivity index (χ3n) is 3.14. The highest BCUT2D eigenvalue weighted by Gasteiger charge is 2.34. The van der Waals surface area contributed by atoms with Crippen molar-refractivity contribution in [2.45, 2.75) is 38.9 Å². The number of carbonyl (C=O) groups is 2. The minimum absolute atomic E-state index is 0.0270. The van der Waals surface area contributed by atoms with Gasteiger partial charge in [0.1, 0.15) is 6.04 Å². The van der Waals surface area contributed by atoms with E-state index in [9.17, 15) is 9.59 Å². The van der Waals surface area contributed by atoms with Gasteiger partial charge in [0, 0.05) is 32.7 Å². The average Bonchev–Trinajstić information content (AvgIpc) is 2.36. The smallest absolute Gasteiger partial charge is 0.238 e. The molecule has 0 saturated carbocycles. The van der Waals surface area contributed by atoms with Crippen LogP contribution in [0.3, 0.4) is 0 Å². The van der Waals surface area contributed by atoms with Crippen molar-refractivity contribution in [1.29, 1.82) is 0 Å². The first kappa shape index (κ1) is 14.9. The molecular formula is C12H24N4O2. The second kappa shape index (κ2) is 6.70. The van der Waals surface area contributed by atoms with Gasteiger partial charge in [-0.05, 0) is 20.8 Å². The van der Waals surface area contributed by atoms with Gasteiger partial charge >= 0.3 is 0 Å². The molecule has 1 fully saturated rings. The van der Waals surface area contributed by atoms with Crippen molar-refractivity contribution in [1.82, 2.24) is 20.9 Å². The lowest BCUT2D eigenvalue weighted by molar-refractivity contribution is -0.133. The van der Waals surface area contributed by atoms with Gasteiger partial charge in [0.15, 0.2) is 0 Å². The molecule has 1 heterocycles. The normalized spacial score (nSPS) is 22.6. The highest BCUT2D eigenvalue weighted by atomic mass is 16.2. The molecule has 2 amide bonds. The molecule has 1 saturated heterocycles. The predicted octanol–water partition coefficient (Wildman–Crippen LogP) is -1.08. The Morgan fingerprint density at radius 3 is 2.56 bits per heavy atom. The van der Waals surface area contributed by atoms with Crippen LogP contribution in [0.15, 0.2) is 0 Å². The minimum Gasteiger partial charge on any atom is -0.358 e. The molecule has 1 rings (SSSR count). The van der Waals surface area contributed by atoms with Gasteiger partial charge < -0.3 is 16.0 Å². The molecule has 1 aliphatic heterocycles. The van der Waals surface area contributed by atoms with Gasteiger partial charge in [-0.15, -0.1) is 0 Å². The van der Waals surface area contributed by atoms with Crippen LogP contribution in [0.1, 0.15) is 20.8 Å². The first-order chi connectivity index (χ1) is 8.47. The molecule has 6 nitrogen and oxygen atoms in total. The van der Waals surface area contributed by atoms with E-state index in [1.54, 1.807) is 7.05 Å². The van der Waals surface area contributed by atoms with Crippen molar-refractivity contribution < 1.29 is 9.59 Å². The number of likely N-dealkylation sites (N-methyl/N-ethyl adjacent to an activating group) is 1. The van der Waals surface area contributed by atoms with Gasteiger partial charge in [-0.1, -0.05) is 0 Å². The lowest BCUT2D eigenvalue weighted by Gasteiger charge is -2.38. The van der Waals surface area contributed by atoms with Crippen LogP contribution >= 0.6 is 0 Å². The maximum absolute atomic E-state index is 12.0. The topological polar surface area (TPSA) is 73.5 Å². The number of nitrogens with zero attached hydrogens (tertiary/aromatic N) is 1. The Bertz CT molecular complexity index is 306. The molecule has 18 heavy (non-hydrogen) atoms. The Balaban J connectivity index is 2.70. The van der Waals surface area contributed by atoms with E-state index in [0.717, 1.165) is 6.54 Å². The fourth-order valence-corrected chi connectivity index (χ4v) is 2.15. The van der Waals surface area contributed by atoms with E-state index in [0.29, 0.717) is 13.1 Å². The van der Waals surface area contributed by atoms with E-state index >= 15 is 0 Å². The molecule has 6 heteroatoms. The third-order valence-corrected chi connectivity index (χ3v) is 3.14. The lowest BCUT2D eigenvalue weighted by Crippen LogP contribution is -2.62. The Kier molecular flexibility index (Phi) is 5.55. The molecular weight excluding hydrogens is 232 g/mol. The number of rotatable bonds is 4. The fraction of sp³-hybridized carbons (Fsp3) is 0.833. The standard InChI is InChI=1S/C12H24N4O2/c1-8(2)15-11(17)9(3)16-6-5-14-7-10(16)12(18)13-4/h8-10,14H,5-7H2,1-4H3,(H,13,18)(H,15,17). The summed E-state index contributed by atoms with van der Waals surface area (Å²) < 4.78 is 0. The third kappa shape index (κ3) is 3.68. The van der Waals surface area contributed by atoms with E-state index in [1.165, 1.54) is 0 Å². The van der Waals surface area contributed by atoms with Crippen LogP contribution in [0.4, 0.5) is 0 Å². The molecule has 0 aliphatic carbocycles. The first-order valence-electron chi connectivity index (χ1n) is 6.45. The Morgan fingerprint density at radius 1 is 1.33 bits per heavy atom. The van der Waals surface area contributed by atoms with Gasteiger partial charge in [0.2, 0.25) is 11.8 Å². The summed E-state index contributed by atoms with van der Waals surface area (Å²) in [6.45, 7) is 7.78. The summed E-state index contributed by atoms with van der Waals surface area (Å²) >= 11 is 0. The van der Waals surface area contributed by atoms with Crippen molar-refractivity contribution in [3.05, 3.63) is 0 Å². The van der Waals surface area contributed by atoms with E-state index in [-0.39, 0.29) is 29.9 Å². The molecule has 0 spiro atoms. The summed E-state index contributed by atoms with van der Waals surface area (Å²) in [5.41, 5.74) is 0. The summed E-state index contributed by atoms with van der Waals surface area (Å²) in [5.74, 6) is -0.0767. The Morgan fingerprint density at radius 2 is 2.00 bits per heavy atom. The van der Waals surface area contributed by atoms with E-state index < -0.39 is 0 Å². The summed E-state index contributed by atoms with van der Waals surface area (Å²) in [6, 6.07) is -0.463. The molecule has 104 valence electrons. The largest absolute Gasteiger partial charge is 0.358 e. The van der Waals surface area contributed by atoms with Crippen LogP contribution in [-0.4, -0.2) is 61.5 Å².